The van der Waals surface area contributed by atoms with Crippen LogP contribution in [0.1, 0.15) is 47.3 Å². The molecule has 0 radical (unpaired) electrons. The summed E-state index contributed by atoms with van der Waals surface area (Å²) in [4.78, 5) is 15.8. The van der Waals surface area contributed by atoms with E-state index in [2.05, 4.69) is 35.1 Å². The van der Waals surface area contributed by atoms with E-state index >= 15 is 0 Å². The lowest BCUT2D eigenvalue weighted by Gasteiger charge is -2.11. The maximum atomic E-state index is 11.5. The van der Waals surface area contributed by atoms with Crippen molar-refractivity contribution in [3.05, 3.63) is 47.5 Å². The number of terminal acetylenes is 1. The Balaban J connectivity index is 2.05. The average molecular weight is 251 g/mol. The molecule has 0 amide bonds. The molecule has 0 fully saturated rings. The number of ketones is 1. The van der Waals surface area contributed by atoms with Crippen LogP contribution in [0.5, 0.6) is 0 Å². The van der Waals surface area contributed by atoms with Gasteiger partial charge in [-0.25, -0.2) is 9.67 Å². The first-order valence-corrected chi connectivity index (χ1v) is 6.23. The SMILES string of the molecule is C#CC(=O)c1nc2n(n1)[C@H](c1ccccc1)C[C@@H]2C. The summed E-state index contributed by atoms with van der Waals surface area (Å²) in [5.41, 5.74) is 1.18. The van der Waals surface area contributed by atoms with E-state index in [1.807, 2.05) is 22.9 Å². The third kappa shape index (κ3) is 1.84. The molecule has 0 aliphatic carbocycles. The predicted molar refractivity (Wildman–Crippen MR) is 70.8 cm³/mol. The van der Waals surface area contributed by atoms with E-state index < -0.39 is 5.78 Å². The van der Waals surface area contributed by atoms with Crippen LogP contribution in [-0.2, 0) is 0 Å². The molecule has 2 atom stereocenters. The van der Waals surface area contributed by atoms with Crippen LogP contribution in [0.25, 0.3) is 0 Å². The van der Waals surface area contributed by atoms with Crippen LogP contribution in [0.4, 0.5) is 0 Å². The lowest BCUT2D eigenvalue weighted by Crippen LogP contribution is -2.09. The van der Waals surface area contributed by atoms with E-state index in [-0.39, 0.29) is 17.8 Å². The highest BCUT2D eigenvalue weighted by atomic mass is 16.1. The van der Waals surface area contributed by atoms with Crippen molar-refractivity contribution < 1.29 is 4.79 Å². The fourth-order valence-corrected chi connectivity index (χ4v) is 2.55. The van der Waals surface area contributed by atoms with Gasteiger partial charge in [0.1, 0.15) is 5.82 Å². The molecule has 0 N–H and O–H groups in total. The fraction of sp³-hybridized carbons (Fsp3) is 0.267. The summed E-state index contributed by atoms with van der Waals surface area (Å²) in [6, 6.07) is 10.3. The Kier molecular flexibility index (Phi) is 2.68. The lowest BCUT2D eigenvalue weighted by atomic mass is 10.0. The Hall–Kier alpha value is -2.41. The average Bonchev–Trinajstić information content (AvgIpc) is 3.00. The molecule has 0 unspecified atom stereocenters. The van der Waals surface area contributed by atoms with Crippen LogP contribution < -0.4 is 0 Å². The van der Waals surface area contributed by atoms with Crippen molar-refractivity contribution in [2.24, 2.45) is 0 Å². The third-order valence-corrected chi connectivity index (χ3v) is 3.49. The van der Waals surface area contributed by atoms with Gasteiger partial charge in [-0.3, -0.25) is 4.79 Å². The molecule has 0 saturated heterocycles. The number of benzene rings is 1. The van der Waals surface area contributed by atoms with Gasteiger partial charge in [0, 0.05) is 5.92 Å². The quantitative estimate of drug-likeness (QED) is 0.467. The first-order valence-electron chi connectivity index (χ1n) is 6.23. The minimum Gasteiger partial charge on any atom is -0.276 e. The summed E-state index contributed by atoms with van der Waals surface area (Å²) >= 11 is 0. The molecule has 3 rings (SSSR count). The second-order valence-electron chi connectivity index (χ2n) is 4.77. The maximum absolute atomic E-state index is 11.5. The van der Waals surface area contributed by atoms with Crippen LogP contribution in [0, 0.1) is 12.3 Å². The smallest absolute Gasteiger partial charge is 0.274 e. The van der Waals surface area contributed by atoms with Crippen LogP contribution in [-0.4, -0.2) is 20.5 Å². The van der Waals surface area contributed by atoms with Crippen molar-refractivity contribution in [3.8, 4) is 12.3 Å². The van der Waals surface area contributed by atoms with E-state index in [9.17, 15) is 4.79 Å². The molecule has 1 aromatic carbocycles. The molecular weight excluding hydrogens is 238 g/mol. The summed E-state index contributed by atoms with van der Waals surface area (Å²) in [6.07, 6.45) is 6.06. The van der Waals surface area contributed by atoms with Crippen molar-refractivity contribution in [3.63, 3.8) is 0 Å². The molecule has 4 heteroatoms. The molecule has 1 aliphatic rings. The fourth-order valence-electron chi connectivity index (χ4n) is 2.55. The monoisotopic (exact) mass is 251 g/mol. The summed E-state index contributed by atoms with van der Waals surface area (Å²) in [6.45, 7) is 2.09. The van der Waals surface area contributed by atoms with Crippen LogP contribution in [0.15, 0.2) is 30.3 Å². The number of aromatic nitrogens is 3. The predicted octanol–water partition coefficient (Wildman–Crippen LogP) is 2.19. The second-order valence-corrected chi connectivity index (χ2v) is 4.77. The molecule has 0 spiro atoms. The molecule has 94 valence electrons. The van der Waals surface area contributed by atoms with E-state index in [0.29, 0.717) is 0 Å². The number of fused-ring (bicyclic) bond motifs is 1. The van der Waals surface area contributed by atoms with Crippen LogP contribution >= 0.6 is 0 Å². The minimum absolute atomic E-state index is 0.130. The zero-order chi connectivity index (χ0) is 13.4. The Labute approximate surface area is 111 Å². The number of hydrogen-bond acceptors (Lipinski definition) is 3. The number of carbonyl (C=O) groups excluding carboxylic acids is 1. The molecule has 19 heavy (non-hydrogen) atoms. The van der Waals surface area contributed by atoms with Crippen molar-refractivity contribution in [2.75, 3.05) is 0 Å². The summed E-state index contributed by atoms with van der Waals surface area (Å²) in [7, 11) is 0. The largest absolute Gasteiger partial charge is 0.276 e. The zero-order valence-electron chi connectivity index (χ0n) is 10.6. The number of carbonyl (C=O) groups is 1. The molecule has 4 nitrogen and oxygen atoms in total. The van der Waals surface area contributed by atoms with Gasteiger partial charge in [-0.1, -0.05) is 37.3 Å². The van der Waals surface area contributed by atoms with Crippen molar-refractivity contribution in [1.29, 1.82) is 0 Å². The lowest BCUT2D eigenvalue weighted by molar-refractivity contribution is 0.104. The van der Waals surface area contributed by atoms with Gasteiger partial charge < -0.3 is 0 Å². The molecule has 1 aliphatic heterocycles. The Morgan fingerprint density at radius 2 is 2.16 bits per heavy atom. The first kappa shape index (κ1) is 11.7. The van der Waals surface area contributed by atoms with Gasteiger partial charge in [0.2, 0.25) is 5.82 Å². The Bertz CT molecular complexity index is 666. The highest BCUT2D eigenvalue weighted by molar-refractivity contribution is 6.05. The standard InChI is InChI=1S/C15H13N3O/c1-3-13(19)14-16-15-10(2)9-12(18(15)17-14)11-7-5-4-6-8-11/h1,4-8,10,12H,9H2,2H3/t10-,12-/m0/s1. The summed E-state index contributed by atoms with van der Waals surface area (Å²) in [5.74, 6) is 2.85. The molecule has 2 aromatic rings. The molecule has 1 aromatic heterocycles. The summed E-state index contributed by atoms with van der Waals surface area (Å²) < 4.78 is 1.84. The Morgan fingerprint density at radius 1 is 1.42 bits per heavy atom. The van der Waals surface area contributed by atoms with Gasteiger partial charge in [0.05, 0.1) is 6.04 Å². The van der Waals surface area contributed by atoms with Crippen molar-refractivity contribution in [1.82, 2.24) is 14.8 Å². The van der Waals surface area contributed by atoms with E-state index in [1.54, 1.807) is 0 Å². The number of nitrogens with zero attached hydrogens (tertiary/aromatic N) is 3. The molecule has 2 heterocycles. The highest BCUT2D eigenvalue weighted by Crippen LogP contribution is 2.37. The zero-order valence-corrected chi connectivity index (χ0v) is 10.6. The molecule has 0 saturated carbocycles. The second kappa shape index (κ2) is 4.36. The van der Waals surface area contributed by atoms with Crippen molar-refractivity contribution >= 4 is 5.78 Å². The molecule has 0 bridgehead atoms. The third-order valence-electron chi connectivity index (χ3n) is 3.49. The van der Waals surface area contributed by atoms with Crippen LogP contribution in [0.3, 0.4) is 0 Å². The van der Waals surface area contributed by atoms with E-state index in [1.165, 1.54) is 5.56 Å². The number of Topliss-reactive ketones (excluding diaryl/α,β-unsaturated/α-hetero) is 1. The van der Waals surface area contributed by atoms with Crippen molar-refractivity contribution in [2.45, 2.75) is 25.3 Å². The minimum atomic E-state index is -0.457. The van der Waals surface area contributed by atoms with Crippen LogP contribution in [0.2, 0.25) is 0 Å². The van der Waals surface area contributed by atoms with Gasteiger partial charge >= 0.3 is 0 Å². The number of hydrogen-bond donors (Lipinski definition) is 0. The van der Waals surface area contributed by atoms with Gasteiger partial charge in [-0.05, 0) is 17.9 Å². The first-order chi connectivity index (χ1) is 9.20. The van der Waals surface area contributed by atoms with Gasteiger partial charge in [-0.2, -0.15) is 0 Å². The maximum Gasteiger partial charge on any atom is 0.274 e. The summed E-state index contributed by atoms with van der Waals surface area (Å²) in [5, 5.41) is 4.28. The molecular formula is C15H13N3O. The van der Waals surface area contributed by atoms with E-state index in [0.717, 1.165) is 12.2 Å². The van der Waals surface area contributed by atoms with Gasteiger partial charge in [-0.15, -0.1) is 11.5 Å². The number of rotatable bonds is 2. The van der Waals surface area contributed by atoms with E-state index in [4.69, 9.17) is 6.42 Å². The topological polar surface area (TPSA) is 47.8 Å². The van der Waals surface area contributed by atoms with Gasteiger partial charge in [0.15, 0.2) is 0 Å². The normalized spacial score (nSPS) is 20.8. The Morgan fingerprint density at radius 3 is 2.84 bits per heavy atom. The highest BCUT2D eigenvalue weighted by Gasteiger charge is 2.33. The van der Waals surface area contributed by atoms with Gasteiger partial charge in [0.25, 0.3) is 5.78 Å².